The summed E-state index contributed by atoms with van der Waals surface area (Å²) in [5.41, 5.74) is 2.59. The number of aromatic nitrogens is 2. The van der Waals surface area contributed by atoms with Gasteiger partial charge in [0.25, 0.3) is 5.91 Å². The Kier molecular flexibility index (Phi) is 4.02. The highest BCUT2D eigenvalue weighted by Gasteiger charge is 2.33. The molecule has 2 fully saturated rings. The molecule has 1 aliphatic carbocycles. The van der Waals surface area contributed by atoms with Crippen LogP contribution in [0.1, 0.15) is 35.2 Å². The zero-order valence-corrected chi connectivity index (χ0v) is 14.0. The summed E-state index contributed by atoms with van der Waals surface area (Å²) in [6.07, 6.45) is 4.64. The number of hydrogen-bond donors (Lipinski definition) is 2. The van der Waals surface area contributed by atoms with E-state index in [1.165, 1.54) is 0 Å². The topological polar surface area (TPSA) is 72.5 Å². The van der Waals surface area contributed by atoms with Crippen molar-refractivity contribution in [3.8, 4) is 0 Å². The van der Waals surface area contributed by atoms with Crippen LogP contribution in [-0.4, -0.2) is 69.3 Å². The van der Waals surface area contributed by atoms with Gasteiger partial charge in [0.1, 0.15) is 0 Å². The molecule has 128 valence electrons. The van der Waals surface area contributed by atoms with E-state index in [0.29, 0.717) is 18.7 Å². The first kappa shape index (κ1) is 15.6. The van der Waals surface area contributed by atoms with Gasteiger partial charge in [0.2, 0.25) is 0 Å². The molecule has 4 rings (SSSR count). The van der Waals surface area contributed by atoms with Crippen LogP contribution in [0, 0.1) is 6.92 Å². The Morgan fingerprint density at radius 1 is 1.25 bits per heavy atom. The number of hydrogen-bond acceptors (Lipinski definition) is 4. The summed E-state index contributed by atoms with van der Waals surface area (Å²) in [5, 5.41) is 18.1. The molecular formula is C18H24N4O2. The number of benzene rings is 1. The molecular weight excluding hydrogens is 304 g/mol. The van der Waals surface area contributed by atoms with E-state index in [1.54, 1.807) is 6.20 Å². The summed E-state index contributed by atoms with van der Waals surface area (Å²) < 4.78 is 0. The molecule has 1 aliphatic heterocycles. The third-order valence-corrected chi connectivity index (χ3v) is 5.44. The minimum Gasteiger partial charge on any atom is -0.391 e. The SMILES string of the molecule is Cc1cc(C(=O)N2CCN([C@H]3CCC[C@@H]3O)CC2)c2[nH]ncc2c1. The van der Waals surface area contributed by atoms with E-state index in [-0.39, 0.29) is 18.1 Å². The number of piperazine rings is 1. The molecule has 0 unspecified atom stereocenters. The Balaban J connectivity index is 1.49. The average molecular weight is 328 g/mol. The third kappa shape index (κ3) is 2.70. The fraction of sp³-hybridized carbons (Fsp3) is 0.556. The van der Waals surface area contributed by atoms with Crippen molar-refractivity contribution in [2.24, 2.45) is 0 Å². The van der Waals surface area contributed by atoms with Crippen LogP contribution < -0.4 is 0 Å². The van der Waals surface area contributed by atoms with Crippen LogP contribution in [0.4, 0.5) is 0 Å². The Hall–Kier alpha value is -1.92. The van der Waals surface area contributed by atoms with Gasteiger partial charge in [0.05, 0.1) is 23.4 Å². The van der Waals surface area contributed by atoms with Gasteiger partial charge in [-0.3, -0.25) is 14.8 Å². The van der Waals surface area contributed by atoms with Crippen molar-refractivity contribution in [3.05, 3.63) is 29.5 Å². The van der Waals surface area contributed by atoms with Crippen LogP contribution in [0.15, 0.2) is 18.3 Å². The number of amides is 1. The van der Waals surface area contributed by atoms with Crippen molar-refractivity contribution in [3.63, 3.8) is 0 Å². The fourth-order valence-corrected chi connectivity index (χ4v) is 4.15. The monoisotopic (exact) mass is 328 g/mol. The zero-order valence-electron chi connectivity index (χ0n) is 14.0. The molecule has 2 aliphatic rings. The van der Waals surface area contributed by atoms with Crippen LogP contribution in [0.2, 0.25) is 0 Å². The lowest BCUT2D eigenvalue weighted by Gasteiger charge is -2.39. The van der Waals surface area contributed by atoms with E-state index in [9.17, 15) is 9.90 Å². The molecule has 0 spiro atoms. The van der Waals surface area contributed by atoms with Crippen LogP contribution >= 0.6 is 0 Å². The molecule has 2 aromatic rings. The predicted molar refractivity (Wildman–Crippen MR) is 92.0 cm³/mol. The smallest absolute Gasteiger partial charge is 0.256 e. The number of carbonyl (C=O) groups excluding carboxylic acids is 1. The van der Waals surface area contributed by atoms with Gasteiger partial charge in [-0.25, -0.2) is 0 Å². The van der Waals surface area contributed by atoms with E-state index in [2.05, 4.69) is 15.1 Å². The zero-order chi connectivity index (χ0) is 16.7. The number of aryl methyl sites for hydroxylation is 1. The number of aliphatic hydroxyl groups is 1. The van der Waals surface area contributed by atoms with Crippen LogP contribution in [-0.2, 0) is 0 Å². The summed E-state index contributed by atoms with van der Waals surface area (Å²) >= 11 is 0. The molecule has 1 amide bonds. The number of aromatic amines is 1. The van der Waals surface area contributed by atoms with Gasteiger partial charge in [-0.2, -0.15) is 5.10 Å². The Labute approximate surface area is 141 Å². The van der Waals surface area contributed by atoms with Crippen molar-refractivity contribution in [1.82, 2.24) is 20.0 Å². The second-order valence-electron chi connectivity index (χ2n) is 7.04. The largest absolute Gasteiger partial charge is 0.391 e. The third-order valence-electron chi connectivity index (χ3n) is 5.44. The molecule has 2 heterocycles. The second kappa shape index (κ2) is 6.18. The van der Waals surface area contributed by atoms with Gasteiger partial charge in [-0.05, 0) is 43.9 Å². The van der Waals surface area contributed by atoms with Crippen LogP contribution in [0.5, 0.6) is 0 Å². The molecule has 6 nitrogen and oxygen atoms in total. The van der Waals surface area contributed by atoms with Gasteiger partial charge in [-0.15, -0.1) is 0 Å². The molecule has 1 aromatic heterocycles. The summed E-state index contributed by atoms with van der Waals surface area (Å²) in [7, 11) is 0. The first-order valence-electron chi connectivity index (χ1n) is 8.78. The number of carbonyl (C=O) groups is 1. The summed E-state index contributed by atoms with van der Waals surface area (Å²) in [6.45, 7) is 5.11. The number of rotatable bonds is 2. The lowest BCUT2D eigenvalue weighted by Crippen LogP contribution is -2.53. The number of aliphatic hydroxyl groups excluding tert-OH is 1. The maximum Gasteiger partial charge on any atom is 0.256 e. The number of nitrogens with one attached hydrogen (secondary N) is 1. The number of fused-ring (bicyclic) bond motifs is 1. The molecule has 0 bridgehead atoms. The summed E-state index contributed by atoms with van der Waals surface area (Å²) in [4.78, 5) is 17.2. The second-order valence-corrected chi connectivity index (χ2v) is 7.04. The van der Waals surface area contributed by atoms with Crippen molar-refractivity contribution in [2.45, 2.75) is 38.3 Å². The van der Waals surface area contributed by atoms with Gasteiger partial charge >= 0.3 is 0 Å². The quantitative estimate of drug-likeness (QED) is 0.877. The highest BCUT2D eigenvalue weighted by atomic mass is 16.3. The molecule has 0 radical (unpaired) electrons. The van der Waals surface area contributed by atoms with Crippen LogP contribution in [0.3, 0.4) is 0 Å². The minimum atomic E-state index is -0.200. The molecule has 2 N–H and O–H groups in total. The Morgan fingerprint density at radius 3 is 2.75 bits per heavy atom. The number of H-pyrrole nitrogens is 1. The van der Waals surface area contributed by atoms with Gasteiger partial charge in [0, 0.05) is 37.6 Å². The van der Waals surface area contributed by atoms with Crippen molar-refractivity contribution in [1.29, 1.82) is 0 Å². The normalized spacial score (nSPS) is 25.5. The van der Waals surface area contributed by atoms with Gasteiger partial charge < -0.3 is 10.0 Å². The fourth-order valence-electron chi connectivity index (χ4n) is 4.15. The molecule has 6 heteroatoms. The highest BCUT2D eigenvalue weighted by Crippen LogP contribution is 2.26. The standard InChI is InChI=1S/C18H24N4O2/c1-12-9-13-11-19-20-17(13)14(10-12)18(24)22-7-5-21(6-8-22)15-3-2-4-16(15)23/h9-11,15-16,23H,2-8H2,1H3,(H,19,20)/t15-,16-/m0/s1. The molecule has 24 heavy (non-hydrogen) atoms. The minimum absolute atomic E-state index is 0.0690. The maximum absolute atomic E-state index is 13.0. The van der Waals surface area contributed by atoms with Gasteiger partial charge in [0.15, 0.2) is 0 Å². The first-order valence-corrected chi connectivity index (χ1v) is 8.78. The van der Waals surface area contributed by atoms with Gasteiger partial charge in [-0.1, -0.05) is 0 Å². The average Bonchev–Trinajstić information content (AvgIpc) is 3.22. The first-order chi connectivity index (χ1) is 11.6. The lowest BCUT2D eigenvalue weighted by atomic mass is 10.1. The summed E-state index contributed by atoms with van der Waals surface area (Å²) in [5.74, 6) is 0.0690. The van der Waals surface area contributed by atoms with E-state index in [4.69, 9.17) is 0 Å². The van der Waals surface area contributed by atoms with E-state index >= 15 is 0 Å². The molecule has 2 atom stereocenters. The van der Waals surface area contributed by atoms with E-state index < -0.39 is 0 Å². The highest BCUT2D eigenvalue weighted by molar-refractivity contribution is 6.05. The van der Waals surface area contributed by atoms with Crippen LogP contribution in [0.25, 0.3) is 10.9 Å². The molecule has 1 aromatic carbocycles. The number of nitrogens with zero attached hydrogens (tertiary/aromatic N) is 3. The molecule has 1 saturated carbocycles. The predicted octanol–water partition coefficient (Wildman–Crippen LogP) is 1.54. The summed E-state index contributed by atoms with van der Waals surface area (Å²) in [6, 6.07) is 4.26. The maximum atomic E-state index is 13.0. The van der Waals surface area contributed by atoms with E-state index in [1.807, 2.05) is 24.0 Å². The van der Waals surface area contributed by atoms with Crippen molar-refractivity contribution in [2.75, 3.05) is 26.2 Å². The molecule has 1 saturated heterocycles. The van der Waals surface area contributed by atoms with Crippen molar-refractivity contribution < 1.29 is 9.90 Å². The van der Waals surface area contributed by atoms with Crippen molar-refractivity contribution >= 4 is 16.8 Å². The Bertz CT molecular complexity index is 749. The van der Waals surface area contributed by atoms with E-state index in [0.717, 1.165) is 48.8 Å². The lowest BCUT2D eigenvalue weighted by molar-refractivity contribution is 0.0316. The Morgan fingerprint density at radius 2 is 2.04 bits per heavy atom.